The second kappa shape index (κ2) is 11.1. The van der Waals surface area contributed by atoms with E-state index in [1.54, 1.807) is 18.2 Å². The van der Waals surface area contributed by atoms with E-state index in [1.807, 2.05) is 31.2 Å². The lowest BCUT2D eigenvalue weighted by Crippen LogP contribution is -2.19. The number of para-hydroxylation sites is 3. The fourth-order valence-corrected chi connectivity index (χ4v) is 2.36. The zero-order chi connectivity index (χ0) is 18.1. The lowest BCUT2D eigenvalue weighted by atomic mass is 10.1. The van der Waals surface area contributed by atoms with Crippen molar-refractivity contribution in [2.45, 2.75) is 19.9 Å². The van der Waals surface area contributed by atoms with Crippen LogP contribution < -0.4 is 16.0 Å². The number of nitro benzene ring substituents is 1. The molecule has 0 saturated carbocycles. The molecule has 7 nitrogen and oxygen atoms in total. The molecule has 0 saturated heterocycles. The highest BCUT2D eigenvalue weighted by atomic mass is 35.5. The lowest BCUT2D eigenvalue weighted by molar-refractivity contribution is -0.384. The largest absolute Gasteiger partial charge is 0.379 e. The number of anilines is 2. The summed E-state index contributed by atoms with van der Waals surface area (Å²) in [5, 5.41) is 20.0. The van der Waals surface area contributed by atoms with Crippen molar-refractivity contribution in [1.82, 2.24) is 5.32 Å². The third-order valence-electron chi connectivity index (χ3n) is 3.63. The molecule has 0 radical (unpaired) electrons. The van der Waals surface area contributed by atoms with E-state index in [9.17, 15) is 14.9 Å². The van der Waals surface area contributed by atoms with Gasteiger partial charge in [0.25, 0.3) is 5.69 Å². The van der Waals surface area contributed by atoms with Gasteiger partial charge in [-0.3, -0.25) is 14.9 Å². The second-order valence-electron chi connectivity index (χ2n) is 5.44. The molecule has 0 unspecified atom stereocenters. The summed E-state index contributed by atoms with van der Waals surface area (Å²) >= 11 is 0. The van der Waals surface area contributed by atoms with Crippen LogP contribution in [0, 0.1) is 10.1 Å². The maximum atomic E-state index is 12.1. The van der Waals surface area contributed by atoms with Crippen molar-refractivity contribution in [2.75, 3.05) is 23.7 Å². The Morgan fingerprint density at radius 3 is 2.42 bits per heavy atom. The molecule has 0 fully saturated rings. The topological polar surface area (TPSA) is 96.3 Å². The number of amides is 1. The van der Waals surface area contributed by atoms with Crippen molar-refractivity contribution in [3.8, 4) is 0 Å². The van der Waals surface area contributed by atoms with Crippen LogP contribution in [0.3, 0.4) is 0 Å². The Hall–Kier alpha value is -2.64. The number of carbonyl (C=O) groups is 1. The number of nitrogens with zero attached hydrogens (tertiary/aromatic N) is 1. The zero-order valence-corrected chi connectivity index (χ0v) is 15.3. The van der Waals surface area contributed by atoms with Crippen molar-refractivity contribution in [1.29, 1.82) is 0 Å². The standard InChI is InChI=1S/C18H22N4O3.ClH/c1-2-19-13-14-7-3-4-8-15(14)21-18(23)11-12-20-16-9-5-6-10-17(16)22(24)25;/h3-10,19-20H,2,11-13H2,1H3,(H,21,23);1H. The molecule has 0 aliphatic rings. The number of nitro groups is 1. The van der Waals surface area contributed by atoms with E-state index in [4.69, 9.17) is 0 Å². The second-order valence-corrected chi connectivity index (χ2v) is 5.44. The molecule has 0 aromatic heterocycles. The van der Waals surface area contributed by atoms with Crippen LogP contribution in [0.5, 0.6) is 0 Å². The van der Waals surface area contributed by atoms with E-state index >= 15 is 0 Å². The van der Waals surface area contributed by atoms with Crippen molar-refractivity contribution in [3.05, 3.63) is 64.2 Å². The van der Waals surface area contributed by atoms with Gasteiger partial charge in [-0.15, -0.1) is 12.4 Å². The molecule has 1 amide bonds. The molecule has 2 aromatic rings. The normalized spacial score (nSPS) is 9.88. The Kier molecular flexibility index (Phi) is 9.11. The van der Waals surface area contributed by atoms with Crippen LogP contribution in [-0.4, -0.2) is 23.9 Å². The number of rotatable bonds is 9. The third kappa shape index (κ3) is 6.34. The monoisotopic (exact) mass is 378 g/mol. The predicted octanol–water partition coefficient (Wildman–Crippen LogP) is 3.57. The summed E-state index contributed by atoms with van der Waals surface area (Å²) in [6.45, 7) is 3.87. The molecule has 0 bridgehead atoms. The van der Waals surface area contributed by atoms with Gasteiger partial charge in [0.1, 0.15) is 5.69 Å². The zero-order valence-electron chi connectivity index (χ0n) is 14.5. The average molecular weight is 379 g/mol. The fourth-order valence-electron chi connectivity index (χ4n) is 2.36. The first-order valence-electron chi connectivity index (χ1n) is 8.17. The first-order chi connectivity index (χ1) is 12.1. The van der Waals surface area contributed by atoms with E-state index in [2.05, 4.69) is 16.0 Å². The van der Waals surface area contributed by atoms with Crippen LogP contribution in [0.25, 0.3) is 0 Å². The highest BCUT2D eigenvalue weighted by Gasteiger charge is 2.12. The number of halogens is 1. The van der Waals surface area contributed by atoms with Gasteiger partial charge in [-0.25, -0.2) is 0 Å². The first-order valence-corrected chi connectivity index (χ1v) is 8.17. The molecule has 8 heteroatoms. The molecule has 0 heterocycles. The van der Waals surface area contributed by atoms with Crippen LogP contribution in [0.2, 0.25) is 0 Å². The summed E-state index contributed by atoms with van der Waals surface area (Å²) in [4.78, 5) is 22.7. The van der Waals surface area contributed by atoms with Crippen LogP contribution in [0.15, 0.2) is 48.5 Å². The van der Waals surface area contributed by atoms with Crippen molar-refractivity contribution < 1.29 is 9.72 Å². The SMILES string of the molecule is CCNCc1ccccc1NC(=O)CCNc1ccccc1[N+](=O)[O-].Cl. The summed E-state index contributed by atoms with van der Waals surface area (Å²) in [6.07, 6.45) is 0.210. The quantitative estimate of drug-likeness (QED) is 0.458. The summed E-state index contributed by atoms with van der Waals surface area (Å²) < 4.78 is 0. The Balaban J connectivity index is 0.00000338. The third-order valence-corrected chi connectivity index (χ3v) is 3.63. The van der Waals surface area contributed by atoms with Crippen molar-refractivity contribution in [2.24, 2.45) is 0 Å². The van der Waals surface area contributed by atoms with Gasteiger partial charge in [-0.1, -0.05) is 37.3 Å². The van der Waals surface area contributed by atoms with Gasteiger partial charge >= 0.3 is 0 Å². The van der Waals surface area contributed by atoms with Gasteiger partial charge in [0.05, 0.1) is 4.92 Å². The number of nitrogens with one attached hydrogen (secondary N) is 3. The van der Waals surface area contributed by atoms with Crippen molar-refractivity contribution >= 4 is 35.4 Å². The highest BCUT2D eigenvalue weighted by molar-refractivity contribution is 5.91. The predicted molar refractivity (Wildman–Crippen MR) is 106 cm³/mol. The van der Waals surface area contributed by atoms with Crippen LogP contribution in [-0.2, 0) is 11.3 Å². The molecular formula is C18H23ClN4O3. The first kappa shape index (κ1) is 21.4. The molecular weight excluding hydrogens is 356 g/mol. The minimum Gasteiger partial charge on any atom is -0.379 e. The maximum absolute atomic E-state index is 12.1. The highest BCUT2D eigenvalue weighted by Crippen LogP contribution is 2.23. The number of hydrogen-bond donors (Lipinski definition) is 3. The molecule has 2 aromatic carbocycles. The van der Waals surface area contributed by atoms with Crippen molar-refractivity contribution in [3.63, 3.8) is 0 Å². The van der Waals surface area contributed by atoms with Gasteiger partial charge in [0.2, 0.25) is 5.91 Å². The van der Waals surface area contributed by atoms with Crippen LogP contribution >= 0.6 is 12.4 Å². The van der Waals surface area contributed by atoms with E-state index in [-0.39, 0.29) is 30.4 Å². The summed E-state index contributed by atoms with van der Waals surface area (Å²) in [6, 6.07) is 14.0. The summed E-state index contributed by atoms with van der Waals surface area (Å²) in [7, 11) is 0. The average Bonchev–Trinajstić information content (AvgIpc) is 2.61. The van der Waals surface area contributed by atoms with Crippen LogP contribution in [0.4, 0.5) is 17.1 Å². The number of benzene rings is 2. The van der Waals surface area contributed by atoms with E-state index < -0.39 is 4.92 Å². The molecule has 140 valence electrons. The lowest BCUT2D eigenvalue weighted by Gasteiger charge is -2.12. The Morgan fingerprint density at radius 2 is 1.73 bits per heavy atom. The molecule has 26 heavy (non-hydrogen) atoms. The van der Waals surface area contributed by atoms with Gasteiger partial charge in [-0.2, -0.15) is 0 Å². The van der Waals surface area contributed by atoms with Gasteiger partial charge < -0.3 is 16.0 Å². The molecule has 0 aliphatic carbocycles. The minimum absolute atomic E-state index is 0. The molecule has 0 spiro atoms. The Labute approximate surface area is 158 Å². The summed E-state index contributed by atoms with van der Waals surface area (Å²) in [5.41, 5.74) is 2.20. The Bertz CT molecular complexity index is 740. The smallest absolute Gasteiger partial charge is 0.292 e. The molecule has 2 rings (SSSR count). The number of carbonyl (C=O) groups excluding carboxylic acids is 1. The molecule has 0 aliphatic heterocycles. The van der Waals surface area contributed by atoms with Crippen LogP contribution in [0.1, 0.15) is 18.9 Å². The molecule has 3 N–H and O–H groups in total. The minimum atomic E-state index is -0.445. The van der Waals surface area contributed by atoms with Gasteiger partial charge in [0, 0.05) is 31.3 Å². The number of hydrogen-bond acceptors (Lipinski definition) is 5. The molecule has 0 atom stereocenters. The van der Waals surface area contributed by atoms with E-state index in [0.717, 1.165) is 17.8 Å². The fraction of sp³-hybridized carbons (Fsp3) is 0.278. The van der Waals surface area contributed by atoms with E-state index in [1.165, 1.54) is 6.07 Å². The summed E-state index contributed by atoms with van der Waals surface area (Å²) in [5.74, 6) is -0.143. The Morgan fingerprint density at radius 1 is 1.08 bits per heavy atom. The van der Waals surface area contributed by atoms with Gasteiger partial charge in [-0.05, 0) is 24.2 Å². The van der Waals surface area contributed by atoms with Gasteiger partial charge in [0.15, 0.2) is 0 Å². The maximum Gasteiger partial charge on any atom is 0.292 e. The van der Waals surface area contributed by atoms with E-state index in [0.29, 0.717) is 18.8 Å².